The fourth-order valence-electron chi connectivity index (χ4n) is 1.82. The lowest BCUT2D eigenvalue weighted by atomic mass is 10.1. The van der Waals surface area contributed by atoms with E-state index in [9.17, 15) is 10.1 Å². The van der Waals surface area contributed by atoms with Gasteiger partial charge in [-0.15, -0.1) is 0 Å². The number of hydrogen-bond donors (Lipinski definition) is 1. The Morgan fingerprint density at radius 2 is 1.81 bits per heavy atom. The summed E-state index contributed by atoms with van der Waals surface area (Å²) >= 11 is 3.39. The second kappa shape index (κ2) is 7.19. The molecule has 0 aliphatic heterocycles. The highest BCUT2D eigenvalue weighted by Crippen LogP contribution is 2.26. The van der Waals surface area contributed by atoms with E-state index in [2.05, 4.69) is 15.9 Å². The highest BCUT2D eigenvalue weighted by Gasteiger charge is 2.05. The molecule has 0 radical (unpaired) electrons. The van der Waals surface area contributed by atoms with Crippen LogP contribution in [0.1, 0.15) is 11.1 Å². The first-order valence-corrected chi connectivity index (χ1v) is 7.15. The highest BCUT2D eigenvalue weighted by atomic mass is 79.9. The van der Waals surface area contributed by atoms with Gasteiger partial charge in [0.15, 0.2) is 0 Å². The molecule has 0 saturated heterocycles. The summed E-state index contributed by atoms with van der Waals surface area (Å²) in [6.45, 7) is 0.455. The number of hydrogen-bond acceptors (Lipinski definition) is 4. The Morgan fingerprint density at radius 3 is 2.38 bits per heavy atom. The summed E-state index contributed by atoms with van der Waals surface area (Å²) in [5, 5.41) is 19.6. The number of rotatable bonds is 6. The third kappa shape index (κ3) is 4.27. The maximum Gasteiger partial charge on any atom is 0.269 e. The summed E-state index contributed by atoms with van der Waals surface area (Å²) in [6, 6.07) is 11.8. The minimum atomic E-state index is -0.417. The Balaban J connectivity index is 1.90. The molecule has 0 atom stereocenters. The van der Waals surface area contributed by atoms with Crippen molar-refractivity contribution in [1.82, 2.24) is 0 Å². The van der Waals surface area contributed by atoms with Crippen LogP contribution in [0.2, 0.25) is 0 Å². The number of aliphatic hydroxyl groups is 1. The number of nitro benzene ring substituents is 1. The zero-order valence-electron chi connectivity index (χ0n) is 11.2. The van der Waals surface area contributed by atoms with E-state index in [1.807, 2.05) is 0 Å². The highest BCUT2D eigenvalue weighted by molar-refractivity contribution is 9.10. The molecular weight excluding hydrogens is 338 g/mol. The number of non-ortho nitro benzene ring substituents is 1. The maximum atomic E-state index is 10.6. The summed E-state index contributed by atoms with van der Waals surface area (Å²) in [4.78, 5) is 10.1. The lowest BCUT2D eigenvalue weighted by molar-refractivity contribution is -0.384. The Bertz CT molecular complexity index is 628. The molecule has 0 fully saturated rings. The smallest absolute Gasteiger partial charge is 0.269 e. The Labute approximate surface area is 130 Å². The monoisotopic (exact) mass is 351 g/mol. The molecule has 0 heterocycles. The number of benzene rings is 2. The number of ether oxygens (including phenoxy) is 1. The van der Waals surface area contributed by atoms with Crippen molar-refractivity contribution >= 4 is 21.6 Å². The molecule has 110 valence electrons. The van der Waals surface area contributed by atoms with Gasteiger partial charge >= 0.3 is 0 Å². The summed E-state index contributed by atoms with van der Waals surface area (Å²) in [6.07, 6.45) is 0.659. The molecule has 0 aliphatic rings. The molecule has 0 aromatic heterocycles. The molecule has 21 heavy (non-hydrogen) atoms. The summed E-state index contributed by atoms with van der Waals surface area (Å²) in [7, 11) is 0. The Hall–Kier alpha value is -1.92. The number of nitrogens with zero attached hydrogens (tertiary/aromatic N) is 1. The van der Waals surface area contributed by atoms with Crippen LogP contribution in [0.3, 0.4) is 0 Å². The summed E-state index contributed by atoms with van der Waals surface area (Å²) in [5.74, 6) is 0.703. The molecule has 0 bridgehead atoms. The van der Waals surface area contributed by atoms with Crippen LogP contribution in [0.25, 0.3) is 0 Å². The molecule has 0 aliphatic carbocycles. The topological polar surface area (TPSA) is 72.6 Å². The van der Waals surface area contributed by atoms with Crippen molar-refractivity contribution in [2.45, 2.75) is 13.0 Å². The number of halogens is 1. The zero-order chi connectivity index (χ0) is 15.2. The summed E-state index contributed by atoms with van der Waals surface area (Å²) in [5.41, 5.74) is 1.87. The van der Waals surface area contributed by atoms with Crippen LogP contribution in [0, 0.1) is 10.1 Å². The van der Waals surface area contributed by atoms with Crippen LogP contribution in [-0.2, 0) is 13.0 Å². The first-order chi connectivity index (χ1) is 10.1. The SMILES string of the molecule is O=[N+]([O-])c1ccc(CCOc2ccc(CO)cc2Br)cc1. The summed E-state index contributed by atoms with van der Waals surface area (Å²) < 4.78 is 6.45. The molecule has 0 unspecified atom stereocenters. The first-order valence-electron chi connectivity index (χ1n) is 6.35. The second-order valence-corrected chi connectivity index (χ2v) is 5.30. The van der Waals surface area contributed by atoms with Crippen LogP contribution in [0.15, 0.2) is 46.9 Å². The molecule has 0 amide bonds. The van der Waals surface area contributed by atoms with Crippen molar-refractivity contribution in [2.24, 2.45) is 0 Å². The Morgan fingerprint density at radius 1 is 1.14 bits per heavy atom. The molecule has 6 heteroatoms. The van der Waals surface area contributed by atoms with Crippen LogP contribution in [0.5, 0.6) is 5.75 Å². The minimum Gasteiger partial charge on any atom is -0.492 e. The standard InChI is InChI=1S/C15H14BrNO4/c16-14-9-12(10-18)3-6-15(14)21-8-7-11-1-4-13(5-2-11)17(19)20/h1-6,9,18H,7-8,10H2. The van der Waals surface area contributed by atoms with Gasteiger partial charge in [-0.2, -0.15) is 0 Å². The van der Waals surface area contributed by atoms with Crippen molar-refractivity contribution in [1.29, 1.82) is 0 Å². The predicted octanol–water partition coefficient (Wildman–Crippen LogP) is 3.47. The Kier molecular flexibility index (Phi) is 5.30. The normalized spacial score (nSPS) is 10.4. The molecule has 2 aromatic carbocycles. The molecular formula is C15H14BrNO4. The molecule has 0 saturated carbocycles. The minimum absolute atomic E-state index is 0.0122. The van der Waals surface area contributed by atoms with E-state index in [4.69, 9.17) is 9.84 Å². The fraction of sp³-hybridized carbons (Fsp3) is 0.200. The van der Waals surface area contributed by atoms with Gasteiger partial charge in [-0.05, 0) is 39.2 Å². The second-order valence-electron chi connectivity index (χ2n) is 4.44. The van der Waals surface area contributed by atoms with Crippen LogP contribution >= 0.6 is 15.9 Å². The van der Waals surface area contributed by atoms with Gasteiger partial charge in [0.2, 0.25) is 0 Å². The average molecular weight is 352 g/mol. The van der Waals surface area contributed by atoms with Crippen LogP contribution < -0.4 is 4.74 Å². The van der Waals surface area contributed by atoms with Gasteiger partial charge in [0.1, 0.15) is 5.75 Å². The molecule has 0 spiro atoms. The van der Waals surface area contributed by atoms with Gasteiger partial charge in [0, 0.05) is 18.6 Å². The van der Waals surface area contributed by atoms with E-state index in [0.29, 0.717) is 18.8 Å². The first kappa shape index (κ1) is 15.5. The maximum absolute atomic E-state index is 10.6. The average Bonchev–Trinajstić information content (AvgIpc) is 2.49. The predicted molar refractivity (Wildman–Crippen MR) is 82.4 cm³/mol. The van der Waals surface area contributed by atoms with E-state index in [-0.39, 0.29) is 12.3 Å². The zero-order valence-corrected chi connectivity index (χ0v) is 12.7. The van der Waals surface area contributed by atoms with Gasteiger partial charge in [0.05, 0.1) is 22.6 Å². The van der Waals surface area contributed by atoms with Gasteiger partial charge < -0.3 is 9.84 Å². The number of nitro groups is 1. The van der Waals surface area contributed by atoms with E-state index in [0.717, 1.165) is 15.6 Å². The van der Waals surface area contributed by atoms with Gasteiger partial charge in [-0.3, -0.25) is 10.1 Å². The van der Waals surface area contributed by atoms with Crippen molar-refractivity contribution in [3.05, 3.63) is 68.2 Å². The van der Waals surface area contributed by atoms with E-state index >= 15 is 0 Å². The van der Waals surface area contributed by atoms with Gasteiger partial charge in [0.25, 0.3) is 5.69 Å². The van der Waals surface area contributed by atoms with Crippen LogP contribution in [0.4, 0.5) is 5.69 Å². The van der Waals surface area contributed by atoms with Crippen molar-refractivity contribution < 1.29 is 14.8 Å². The fourth-order valence-corrected chi connectivity index (χ4v) is 2.36. The van der Waals surface area contributed by atoms with E-state index < -0.39 is 4.92 Å². The van der Waals surface area contributed by atoms with Crippen molar-refractivity contribution in [2.75, 3.05) is 6.61 Å². The lowest BCUT2D eigenvalue weighted by Gasteiger charge is -2.09. The lowest BCUT2D eigenvalue weighted by Crippen LogP contribution is -2.02. The van der Waals surface area contributed by atoms with E-state index in [1.54, 1.807) is 30.3 Å². The van der Waals surface area contributed by atoms with Crippen molar-refractivity contribution in [3.63, 3.8) is 0 Å². The van der Waals surface area contributed by atoms with E-state index in [1.165, 1.54) is 12.1 Å². The number of aliphatic hydroxyl groups excluding tert-OH is 1. The van der Waals surface area contributed by atoms with Gasteiger partial charge in [-0.25, -0.2) is 0 Å². The molecule has 1 N–H and O–H groups in total. The van der Waals surface area contributed by atoms with Crippen molar-refractivity contribution in [3.8, 4) is 5.75 Å². The largest absolute Gasteiger partial charge is 0.492 e. The molecule has 2 aromatic rings. The molecule has 2 rings (SSSR count). The van der Waals surface area contributed by atoms with Crippen LogP contribution in [-0.4, -0.2) is 16.6 Å². The third-order valence-corrected chi connectivity index (χ3v) is 3.59. The van der Waals surface area contributed by atoms with Gasteiger partial charge in [-0.1, -0.05) is 18.2 Å². The third-order valence-electron chi connectivity index (χ3n) is 2.97. The molecule has 5 nitrogen and oxygen atoms in total. The quantitative estimate of drug-likeness (QED) is 0.638.